The van der Waals surface area contributed by atoms with Gasteiger partial charge in [-0.05, 0) is 82.7 Å². The lowest BCUT2D eigenvalue weighted by Crippen LogP contribution is -2.41. The summed E-state index contributed by atoms with van der Waals surface area (Å²) in [7, 11) is 0. The number of hydrogen-bond acceptors (Lipinski definition) is 5. The number of anilines is 2. The minimum atomic E-state index is -0.637. The highest BCUT2D eigenvalue weighted by molar-refractivity contribution is 9.11. The summed E-state index contributed by atoms with van der Waals surface area (Å²) in [6.07, 6.45) is 1.07. The molecule has 150 valence electrons. The number of hydrogen-bond donors (Lipinski definition) is 2. The maximum atomic E-state index is 12.4. The van der Waals surface area contributed by atoms with Crippen LogP contribution < -0.4 is 15.5 Å². The van der Waals surface area contributed by atoms with Crippen LogP contribution in [0.1, 0.15) is 27.0 Å². The first kappa shape index (κ1) is 20.1. The van der Waals surface area contributed by atoms with Crippen LogP contribution in [0, 0.1) is 0 Å². The van der Waals surface area contributed by atoms with Crippen LogP contribution in [0.3, 0.4) is 0 Å². The number of carbonyl (C=O) groups is 2. The van der Waals surface area contributed by atoms with Crippen molar-refractivity contribution in [2.75, 3.05) is 16.8 Å². The van der Waals surface area contributed by atoms with Crippen LogP contribution >= 0.6 is 38.6 Å². The maximum absolute atomic E-state index is 12.4. The highest BCUT2D eigenvalue weighted by Gasteiger charge is 2.19. The predicted molar refractivity (Wildman–Crippen MR) is 123 cm³/mol. The van der Waals surface area contributed by atoms with Crippen LogP contribution in [0.2, 0.25) is 0 Å². The summed E-state index contributed by atoms with van der Waals surface area (Å²) in [5, 5.41) is 7.76. The molecule has 29 heavy (non-hydrogen) atoms. The standard InChI is InChI=1S/C21H20BrN3O2S2/c1-13(23-21(27)18-6-7-19(22)29-18)20(26)24-15-2-4-16(5-3-15)25-10-8-17-14(12-25)9-11-28-17/h2-7,9,11,13H,8,10,12H2,1H3,(H,23,27)(H,24,26). The van der Waals surface area contributed by atoms with Crippen LogP contribution in [0.4, 0.5) is 11.4 Å². The van der Waals surface area contributed by atoms with Crippen molar-refractivity contribution in [3.63, 3.8) is 0 Å². The Bertz CT molecular complexity index is 1030. The van der Waals surface area contributed by atoms with Gasteiger partial charge in [0.25, 0.3) is 5.91 Å². The number of nitrogens with one attached hydrogen (secondary N) is 2. The minimum Gasteiger partial charge on any atom is -0.367 e. The van der Waals surface area contributed by atoms with E-state index in [1.54, 1.807) is 13.0 Å². The molecular weight excluding hydrogens is 470 g/mol. The number of benzene rings is 1. The first-order valence-corrected chi connectivity index (χ1v) is 11.8. The number of carbonyl (C=O) groups excluding carboxylic acids is 2. The van der Waals surface area contributed by atoms with Crippen molar-refractivity contribution in [2.24, 2.45) is 0 Å². The molecule has 1 atom stereocenters. The van der Waals surface area contributed by atoms with Crippen molar-refractivity contribution >= 4 is 61.8 Å². The van der Waals surface area contributed by atoms with E-state index in [0.29, 0.717) is 10.6 Å². The normalized spacial score (nSPS) is 14.2. The molecule has 0 saturated heterocycles. The lowest BCUT2D eigenvalue weighted by Gasteiger charge is -2.29. The highest BCUT2D eigenvalue weighted by Crippen LogP contribution is 2.28. The van der Waals surface area contributed by atoms with Gasteiger partial charge in [-0.3, -0.25) is 9.59 Å². The predicted octanol–water partition coefficient (Wildman–Crippen LogP) is 4.89. The molecule has 0 saturated carbocycles. The summed E-state index contributed by atoms with van der Waals surface area (Å²) in [6, 6.07) is 13.0. The molecule has 3 heterocycles. The molecule has 1 aliphatic heterocycles. The molecule has 5 nitrogen and oxygen atoms in total. The van der Waals surface area contributed by atoms with Gasteiger partial charge in [0, 0.05) is 29.3 Å². The number of amides is 2. The number of rotatable bonds is 5. The quantitative estimate of drug-likeness (QED) is 0.536. The average Bonchev–Trinajstić information content (AvgIpc) is 3.36. The van der Waals surface area contributed by atoms with Gasteiger partial charge in [0.15, 0.2) is 0 Å². The number of fused-ring (bicyclic) bond motifs is 1. The highest BCUT2D eigenvalue weighted by atomic mass is 79.9. The van der Waals surface area contributed by atoms with E-state index in [9.17, 15) is 9.59 Å². The Kier molecular flexibility index (Phi) is 6.03. The van der Waals surface area contributed by atoms with E-state index in [1.807, 2.05) is 41.7 Å². The molecule has 0 aliphatic carbocycles. The summed E-state index contributed by atoms with van der Waals surface area (Å²) < 4.78 is 0.878. The van der Waals surface area contributed by atoms with Gasteiger partial charge in [-0.15, -0.1) is 22.7 Å². The number of halogens is 1. The van der Waals surface area contributed by atoms with Crippen LogP contribution in [0.15, 0.2) is 51.6 Å². The molecule has 8 heteroatoms. The molecule has 0 radical (unpaired) electrons. The van der Waals surface area contributed by atoms with Crippen LogP contribution in [-0.4, -0.2) is 24.4 Å². The smallest absolute Gasteiger partial charge is 0.262 e. The third-order valence-corrected chi connectivity index (χ3v) is 7.49. The summed E-state index contributed by atoms with van der Waals surface area (Å²) in [5.74, 6) is -0.501. The Labute approximate surface area is 185 Å². The van der Waals surface area contributed by atoms with Crippen molar-refractivity contribution in [3.8, 4) is 0 Å². The second-order valence-electron chi connectivity index (χ2n) is 6.88. The number of thiophene rings is 2. The van der Waals surface area contributed by atoms with Crippen LogP contribution in [0.25, 0.3) is 0 Å². The minimum absolute atomic E-state index is 0.248. The molecule has 1 aromatic carbocycles. The van der Waals surface area contributed by atoms with E-state index >= 15 is 0 Å². The Balaban J connectivity index is 1.33. The molecule has 2 aromatic heterocycles. The lowest BCUT2D eigenvalue weighted by molar-refractivity contribution is -0.117. The fourth-order valence-corrected chi connectivity index (χ4v) is 5.42. The Morgan fingerprint density at radius 2 is 1.93 bits per heavy atom. The second-order valence-corrected chi connectivity index (χ2v) is 10.3. The Morgan fingerprint density at radius 3 is 2.66 bits per heavy atom. The summed E-state index contributed by atoms with van der Waals surface area (Å²) in [5.41, 5.74) is 3.26. The molecule has 1 aliphatic rings. The van der Waals surface area contributed by atoms with Gasteiger partial charge in [-0.1, -0.05) is 0 Å². The van der Waals surface area contributed by atoms with Crippen molar-refractivity contribution in [1.29, 1.82) is 0 Å². The van der Waals surface area contributed by atoms with Crippen molar-refractivity contribution in [1.82, 2.24) is 5.32 Å². The average molecular weight is 490 g/mol. The largest absolute Gasteiger partial charge is 0.367 e. The van der Waals surface area contributed by atoms with E-state index < -0.39 is 6.04 Å². The van der Waals surface area contributed by atoms with Gasteiger partial charge < -0.3 is 15.5 Å². The van der Waals surface area contributed by atoms with Crippen LogP contribution in [0.5, 0.6) is 0 Å². The van der Waals surface area contributed by atoms with E-state index in [1.165, 1.54) is 21.8 Å². The topological polar surface area (TPSA) is 61.4 Å². The number of nitrogens with zero attached hydrogens (tertiary/aromatic N) is 1. The molecule has 0 spiro atoms. The van der Waals surface area contributed by atoms with E-state index in [2.05, 4.69) is 42.9 Å². The zero-order valence-electron chi connectivity index (χ0n) is 15.8. The van der Waals surface area contributed by atoms with Crippen molar-refractivity contribution < 1.29 is 9.59 Å². The molecule has 2 N–H and O–H groups in total. The molecule has 4 rings (SSSR count). The SMILES string of the molecule is CC(NC(=O)c1ccc(Br)s1)C(=O)Nc1ccc(N2CCc3sccc3C2)cc1. The summed E-state index contributed by atoms with van der Waals surface area (Å²) >= 11 is 6.50. The molecular formula is C21H20BrN3O2S2. The molecule has 3 aromatic rings. The van der Waals surface area contributed by atoms with Crippen LogP contribution in [-0.2, 0) is 17.8 Å². The van der Waals surface area contributed by atoms with Gasteiger partial charge in [0.05, 0.1) is 8.66 Å². The first-order chi connectivity index (χ1) is 14.0. The zero-order valence-corrected chi connectivity index (χ0v) is 19.0. The fraction of sp³-hybridized carbons (Fsp3) is 0.238. The van der Waals surface area contributed by atoms with E-state index in [-0.39, 0.29) is 11.8 Å². The van der Waals surface area contributed by atoms with Crippen molar-refractivity contribution in [2.45, 2.75) is 25.9 Å². The molecule has 0 fully saturated rings. The van der Waals surface area contributed by atoms with Gasteiger partial charge in [-0.25, -0.2) is 0 Å². The summed E-state index contributed by atoms with van der Waals surface area (Å²) in [6.45, 7) is 3.60. The third kappa shape index (κ3) is 4.71. The van der Waals surface area contributed by atoms with Gasteiger partial charge >= 0.3 is 0 Å². The zero-order chi connectivity index (χ0) is 20.4. The summed E-state index contributed by atoms with van der Waals surface area (Å²) in [4.78, 5) is 29.0. The molecule has 0 bridgehead atoms. The van der Waals surface area contributed by atoms with E-state index in [0.717, 1.165) is 29.0 Å². The third-order valence-electron chi connectivity index (χ3n) is 4.85. The van der Waals surface area contributed by atoms with Gasteiger partial charge in [0.1, 0.15) is 6.04 Å². The second kappa shape index (κ2) is 8.69. The Morgan fingerprint density at radius 1 is 1.14 bits per heavy atom. The van der Waals surface area contributed by atoms with Gasteiger partial charge in [0.2, 0.25) is 5.91 Å². The molecule has 1 unspecified atom stereocenters. The lowest BCUT2D eigenvalue weighted by atomic mass is 10.1. The fourth-order valence-electron chi connectivity index (χ4n) is 3.24. The Hall–Kier alpha value is -2.16. The monoisotopic (exact) mass is 489 g/mol. The maximum Gasteiger partial charge on any atom is 0.262 e. The van der Waals surface area contributed by atoms with Gasteiger partial charge in [-0.2, -0.15) is 0 Å². The van der Waals surface area contributed by atoms with Crippen molar-refractivity contribution in [3.05, 3.63) is 66.9 Å². The van der Waals surface area contributed by atoms with E-state index in [4.69, 9.17) is 0 Å². The molecule has 2 amide bonds. The first-order valence-electron chi connectivity index (χ1n) is 9.27.